The Balaban J connectivity index is 5.25. The zero-order chi connectivity index (χ0) is 24.2. The van der Waals surface area contributed by atoms with Gasteiger partial charge in [0.05, 0.1) is 13.2 Å². The van der Waals surface area contributed by atoms with Crippen LogP contribution in [0.2, 0.25) is 0 Å². The van der Waals surface area contributed by atoms with Gasteiger partial charge in [0.15, 0.2) is 11.6 Å². The molecule has 0 spiro atoms. The molecule has 0 atom stereocenters. The number of carbonyl (C=O) groups is 6. The largest absolute Gasteiger partial charge is 0.381 e. The van der Waals surface area contributed by atoms with Crippen molar-refractivity contribution in [1.82, 2.24) is 31.9 Å². The topological polar surface area (TPSA) is 184 Å². The highest BCUT2D eigenvalue weighted by atomic mass is 16.5. The molecule has 13 heteroatoms. The fraction of sp³-hybridized carbons (Fsp3) is 0.667. The van der Waals surface area contributed by atoms with E-state index in [-0.39, 0.29) is 26.1 Å². The smallest absolute Gasteiger partial charge is 0.220 e. The number of ether oxygens (including phenoxy) is 1. The predicted octanol–water partition coefficient (Wildman–Crippen LogP) is -2.09. The molecule has 0 aromatic heterocycles. The maximum atomic E-state index is 11.6. The van der Waals surface area contributed by atoms with Crippen LogP contribution in [0.1, 0.15) is 54.4 Å². The molecule has 0 saturated carbocycles. The number of hydrogen-bond donors (Lipinski definition) is 6. The van der Waals surface area contributed by atoms with Crippen molar-refractivity contribution in [3.63, 3.8) is 0 Å². The van der Waals surface area contributed by atoms with Crippen molar-refractivity contribution in [2.24, 2.45) is 0 Å². The van der Waals surface area contributed by atoms with E-state index in [1.165, 1.54) is 41.5 Å². The molecular formula is C18H32N6O7. The van der Waals surface area contributed by atoms with Crippen LogP contribution in [0.3, 0.4) is 0 Å². The van der Waals surface area contributed by atoms with E-state index in [9.17, 15) is 28.8 Å². The molecule has 0 radical (unpaired) electrons. The molecule has 0 aliphatic rings. The summed E-state index contributed by atoms with van der Waals surface area (Å²) in [6.07, 6.45) is -0.0572. The van der Waals surface area contributed by atoms with Crippen LogP contribution in [-0.2, 0) is 33.5 Å². The average molecular weight is 444 g/mol. The Morgan fingerprint density at radius 2 is 0.677 bits per heavy atom. The first-order chi connectivity index (χ1) is 14.2. The van der Waals surface area contributed by atoms with Crippen LogP contribution in [0, 0.1) is 0 Å². The summed E-state index contributed by atoms with van der Waals surface area (Å²) in [4.78, 5) is 69.5. The van der Waals surface area contributed by atoms with Crippen LogP contribution in [0.5, 0.6) is 0 Å². The first kappa shape index (κ1) is 27.8. The molecule has 0 fully saturated rings. The summed E-state index contributed by atoms with van der Waals surface area (Å²) in [5.74, 6) is -6.10. The van der Waals surface area contributed by atoms with Crippen molar-refractivity contribution < 1.29 is 33.5 Å². The molecular weight excluding hydrogens is 412 g/mol. The van der Waals surface area contributed by atoms with Gasteiger partial charge in [-0.25, -0.2) is 0 Å². The van der Waals surface area contributed by atoms with Crippen LogP contribution in [0.15, 0.2) is 0 Å². The highest BCUT2D eigenvalue weighted by Crippen LogP contribution is 2.08. The van der Waals surface area contributed by atoms with Gasteiger partial charge in [0, 0.05) is 54.4 Å². The summed E-state index contributed by atoms with van der Waals surface area (Å²) >= 11 is 0. The number of rotatable bonds is 12. The first-order valence-electron chi connectivity index (χ1n) is 9.51. The third kappa shape index (κ3) is 12.2. The first-order valence-corrected chi connectivity index (χ1v) is 9.51. The van der Waals surface area contributed by atoms with Gasteiger partial charge in [-0.05, 0) is 0 Å². The van der Waals surface area contributed by atoms with Crippen molar-refractivity contribution in [2.45, 2.75) is 66.0 Å². The lowest BCUT2D eigenvalue weighted by Crippen LogP contribution is -2.70. The van der Waals surface area contributed by atoms with E-state index in [1.54, 1.807) is 0 Å². The summed E-state index contributed by atoms with van der Waals surface area (Å²) in [5, 5.41) is 14.9. The van der Waals surface area contributed by atoms with Crippen molar-refractivity contribution in [1.29, 1.82) is 0 Å². The Bertz CT molecular complexity index is 570. The minimum absolute atomic E-state index is 0.0286. The van der Waals surface area contributed by atoms with E-state index < -0.39 is 47.0 Å². The molecule has 0 saturated heterocycles. The average Bonchev–Trinajstić information content (AvgIpc) is 2.49. The van der Waals surface area contributed by atoms with E-state index in [0.29, 0.717) is 0 Å². The molecule has 13 nitrogen and oxygen atoms in total. The fourth-order valence-corrected chi connectivity index (χ4v) is 2.92. The second-order valence-electron chi connectivity index (χ2n) is 7.01. The lowest BCUT2D eigenvalue weighted by molar-refractivity contribution is -0.131. The third-order valence-electron chi connectivity index (χ3n) is 3.58. The van der Waals surface area contributed by atoms with Crippen molar-refractivity contribution in [2.75, 3.05) is 13.2 Å². The maximum absolute atomic E-state index is 11.6. The van der Waals surface area contributed by atoms with Gasteiger partial charge < -0.3 is 36.6 Å². The molecule has 176 valence electrons. The molecule has 0 heterocycles. The van der Waals surface area contributed by atoms with Gasteiger partial charge in [0.1, 0.15) is 0 Å². The number of nitrogens with one attached hydrogen (secondary N) is 6. The van der Waals surface area contributed by atoms with Crippen molar-refractivity contribution in [3.8, 4) is 0 Å². The molecule has 0 aliphatic heterocycles. The van der Waals surface area contributed by atoms with Crippen LogP contribution >= 0.6 is 0 Å². The molecule has 31 heavy (non-hydrogen) atoms. The van der Waals surface area contributed by atoms with E-state index in [4.69, 9.17) is 4.74 Å². The summed E-state index contributed by atoms with van der Waals surface area (Å²) in [6, 6.07) is 0. The predicted molar refractivity (Wildman–Crippen MR) is 108 cm³/mol. The molecule has 0 aromatic rings. The Labute approximate surface area is 180 Å². The van der Waals surface area contributed by atoms with E-state index in [2.05, 4.69) is 31.9 Å². The SMILES string of the molecule is CC(=O)NC(CCOCCC(NC(C)=O)(NC(C)=O)NC(C)=O)(NC(C)=O)NC(C)=O. The maximum Gasteiger partial charge on any atom is 0.220 e. The molecule has 0 bridgehead atoms. The molecule has 0 rings (SSSR count). The molecule has 6 N–H and O–H groups in total. The Hall–Kier alpha value is -3.22. The second kappa shape index (κ2) is 12.5. The molecule has 6 amide bonds. The lowest BCUT2D eigenvalue weighted by atomic mass is 10.2. The van der Waals surface area contributed by atoms with Crippen molar-refractivity contribution in [3.05, 3.63) is 0 Å². The summed E-state index contributed by atoms with van der Waals surface area (Å²) in [6.45, 7) is 7.26. The van der Waals surface area contributed by atoms with E-state index in [1.807, 2.05) is 0 Å². The van der Waals surface area contributed by atoms with Gasteiger partial charge in [-0.3, -0.25) is 28.8 Å². The van der Waals surface area contributed by atoms with Gasteiger partial charge in [0.2, 0.25) is 35.4 Å². The van der Waals surface area contributed by atoms with Gasteiger partial charge in [-0.1, -0.05) is 0 Å². The highest BCUT2D eigenvalue weighted by molar-refractivity contribution is 5.81. The van der Waals surface area contributed by atoms with E-state index in [0.717, 1.165) is 0 Å². The standard InChI is InChI=1S/C18H32N6O7/c1-11(25)19-17(20-12(2)26,21-13(3)27)7-9-31-10-8-18(22-14(4)28,23-15(5)29)24-16(6)30/h7-10H2,1-6H3,(H,19,25)(H,20,26)(H,21,27)(H,22,28)(H,23,29)(H,24,30). The Kier molecular flexibility index (Phi) is 11.2. The highest BCUT2D eigenvalue weighted by Gasteiger charge is 2.34. The molecule has 0 aromatic carbocycles. The van der Waals surface area contributed by atoms with Crippen LogP contribution in [0.25, 0.3) is 0 Å². The van der Waals surface area contributed by atoms with Gasteiger partial charge in [-0.2, -0.15) is 0 Å². The van der Waals surface area contributed by atoms with Gasteiger partial charge in [-0.15, -0.1) is 0 Å². The summed E-state index contributed by atoms with van der Waals surface area (Å²) < 4.78 is 5.53. The monoisotopic (exact) mass is 444 g/mol. The van der Waals surface area contributed by atoms with Gasteiger partial charge in [0.25, 0.3) is 0 Å². The summed E-state index contributed by atoms with van der Waals surface area (Å²) in [5.41, 5.74) is 0. The minimum Gasteiger partial charge on any atom is -0.381 e. The second-order valence-corrected chi connectivity index (χ2v) is 7.01. The molecule has 0 aliphatic carbocycles. The lowest BCUT2D eigenvalue weighted by Gasteiger charge is -2.36. The normalized spacial score (nSPS) is 11.0. The number of hydrogen-bond acceptors (Lipinski definition) is 7. The van der Waals surface area contributed by atoms with Crippen molar-refractivity contribution >= 4 is 35.4 Å². The van der Waals surface area contributed by atoms with Gasteiger partial charge >= 0.3 is 0 Å². The number of carbonyl (C=O) groups excluding carboxylic acids is 6. The van der Waals surface area contributed by atoms with Crippen LogP contribution in [0.4, 0.5) is 0 Å². The zero-order valence-electron chi connectivity index (χ0n) is 18.7. The Morgan fingerprint density at radius 1 is 0.484 bits per heavy atom. The molecule has 0 unspecified atom stereocenters. The fourth-order valence-electron chi connectivity index (χ4n) is 2.92. The summed E-state index contributed by atoms with van der Waals surface area (Å²) in [7, 11) is 0. The van der Waals surface area contributed by atoms with E-state index >= 15 is 0 Å². The number of amides is 6. The van der Waals surface area contributed by atoms with Crippen LogP contribution in [-0.4, -0.2) is 60.2 Å². The Morgan fingerprint density at radius 3 is 0.839 bits per heavy atom. The van der Waals surface area contributed by atoms with Crippen LogP contribution < -0.4 is 31.9 Å². The zero-order valence-corrected chi connectivity index (χ0v) is 18.7. The quantitative estimate of drug-likeness (QED) is 0.147. The third-order valence-corrected chi connectivity index (χ3v) is 3.58. The minimum atomic E-state index is -1.56.